The highest BCUT2D eigenvalue weighted by Gasteiger charge is 2.39. The van der Waals surface area contributed by atoms with Gasteiger partial charge in [-0.3, -0.25) is 9.80 Å². The number of hydrogen-bond donors (Lipinski definition) is 0. The Balaban J connectivity index is 1.85. The van der Waals surface area contributed by atoms with Crippen molar-refractivity contribution in [2.75, 3.05) is 26.2 Å². The molecule has 2 heteroatoms. The Morgan fingerprint density at radius 2 is 1.56 bits per heavy atom. The van der Waals surface area contributed by atoms with E-state index in [4.69, 9.17) is 0 Å². The molecule has 2 saturated heterocycles. The zero-order valence-electron chi connectivity index (χ0n) is 11.7. The van der Waals surface area contributed by atoms with Crippen LogP contribution in [0.2, 0.25) is 0 Å². The van der Waals surface area contributed by atoms with Gasteiger partial charge in [-0.1, -0.05) is 0 Å². The summed E-state index contributed by atoms with van der Waals surface area (Å²) in [7, 11) is 0. The van der Waals surface area contributed by atoms with Crippen molar-refractivity contribution in [3.8, 4) is 0 Å². The molecular formula is C14H28N2. The summed E-state index contributed by atoms with van der Waals surface area (Å²) in [5, 5.41) is 0. The highest BCUT2D eigenvalue weighted by atomic mass is 15.3. The van der Waals surface area contributed by atoms with Crippen LogP contribution >= 0.6 is 0 Å². The van der Waals surface area contributed by atoms with Crippen molar-refractivity contribution in [3.05, 3.63) is 0 Å². The largest absolute Gasteiger partial charge is 0.298 e. The average molecular weight is 224 g/mol. The topological polar surface area (TPSA) is 6.25 Å². The van der Waals surface area contributed by atoms with E-state index in [0.717, 1.165) is 5.92 Å². The fourth-order valence-electron chi connectivity index (χ4n) is 3.10. The summed E-state index contributed by atoms with van der Waals surface area (Å²) in [6.45, 7) is 17.1. The van der Waals surface area contributed by atoms with Gasteiger partial charge in [-0.2, -0.15) is 0 Å². The fourth-order valence-corrected chi connectivity index (χ4v) is 3.10. The van der Waals surface area contributed by atoms with E-state index in [0.29, 0.717) is 11.1 Å². The van der Waals surface area contributed by atoms with Gasteiger partial charge in [0, 0.05) is 30.7 Å². The molecule has 0 amide bonds. The normalized spacial score (nSPS) is 28.7. The van der Waals surface area contributed by atoms with E-state index in [1.807, 2.05) is 0 Å². The number of rotatable bonds is 3. The van der Waals surface area contributed by atoms with E-state index >= 15 is 0 Å². The van der Waals surface area contributed by atoms with Gasteiger partial charge >= 0.3 is 0 Å². The maximum atomic E-state index is 2.65. The van der Waals surface area contributed by atoms with E-state index in [1.54, 1.807) is 0 Å². The first-order chi connectivity index (χ1) is 7.29. The van der Waals surface area contributed by atoms with Gasteiger partial charge in [0.2, 0.25) is 0 Å². The zero-order chi connectivity index (χ0) is 12.0. The highest BCUT2D eigenvalue weighted by molar-refractivity contribution is 4.94. The molecule has 0 aliphatic carbocycles. The van der Waals surface area contributed by atoms with Gasteiger partial charge in [-0.15, -0.1) is 0 Å². The smallest absolute Gasteiger partial charge is 0.0157 e. The Labute approximate surface area is 101 Å². The van der Waals surface area contributed by atoms with Gasteiger partial charge in [0.1, 0.15) is 0 Å². The maximum absolute atomic E-state index is 2.65. The quantitative estimate of drug-likeness (QED) is 0.680. The molecular weight excluding hydrogens is 196 g/mol. The molecule has 0 aromatic rings. The van der Waals surface area contributed by atoms with E-state index in [-0.39, 0.29) is 0 Å². The Morgan fingerprint density at radius 3 is 2.00 bits per heavy atom. The monoisotopic (exact) mass is 224 g/mol. The van der Waals surface area contributed by atoms with Crippen LogP contribution in [0.4, 0.5) is 0 Å². The summed E-state index contributed by atoms with van der Waals surface area (Å²) in [4.78, 5) is 5.25. The van der Waals surface area contributed by atoms with Gasteiger partial charge in [-0.05, 0) is 59.9 Å². The van der Waals surface area contributed by atoms with Crippen molar-refractivity contribution in [2.45, 2.75) is 58.5 Å². The van der Waals surface area contributed by atoms with Crippen LogP contribution in [-0.4, -0.2) is 47.1 Å². The summed E-state index contributed by atoms with van der Waals surface area (Å²) in [6.07, 6.45) is 2.77. The second kappa shape index (κ2) is 3.99. The Bertz CT molecular complexity index is 248. The van der Waals surface area contributed by atoms with Crippen LogP contribution in [0, 0.1) is 5.92 Å². The van der Waals surface area contributed by atoms with E-state index in [1.165, 1.54) is 39.0 Å². The minimum absolute atomic E-state index is 0.360. The van der Waals surface area contributed by atoms with E-state index in [2.05, 4.69) is 44.4 Å². The van der Waals surface area contributed by atoms with E-state index < -0.39 is 0 Å². The molecule has 1 unspecified atom stereocenters. The predicted molar refractivity (Wildman–Crippen MR) is 69.7 cm³/mol. The fraction of sp³-hybridized carbons (Fsp3) is 1.00. The molecule has 0 spiro atoms. The van der Waals surface area contributed by atoms with Crippen molar-refractivity contribution in [1.82, 2.24) is 9.80 Å². The number of hydrogen-bond acceptors (Lipinski definition) is 2. The van der Waals surface area contributed by atoms with Gasteiger partial charge in [0.15, 0.2) is 0 Å². The SMILES string of the molecule is CC(C)(C)N1CCC(CC(C)(C)N2CC2)C1. The third-order valence-corrected chi connectivity index (χ3v) is 4.33. The lowest BCUT2D eigenvalue weighted by atomic mass is 9.90. The van der Waals surface area contributed by atoms with Crippen LogP contribution in [0.1, 0.15) is 47.5 Å². The minimum atomic E-state index is 0.360. The Kier molecular flexibility index (Phi) is 3.09. The summed E-state index contributed by atoms with van der Waals surface area (Å²) in [5.74, 6) is 0.912. The van der Waals surface area contributed by atoms with Gasteiger partial charge in [-0.25, -0.2) is 0 Å². The lowest BCUT2D eigenvalue weighted by Gasteiger charge is -2.33. The van der Waals surface area contributed by atoms with Crippen LogP contribution in [0.25, 0.3) is 0 Å². The average Bonchev–Trinajstić information content (AvgIpc) is 2.87. The van der Waals surface area contributed by atoms with Crippen LogP contribution in [0.5, 0.6) is 0 Å². The van der Waals surface area contributed by atoms with E-state index in [9.17, 15) is 0 Å². The molecule has 0 radical (unpaired) electrons. The minimum Gasteiger partial charge on any atom is -0.298 e. The van der Waals surface area contributed by atoms with Gasteiger partial charge < -0.3 is 0 Å². The highest BCUT2D eigenvalue weighted by Crippen LogP contribution is 2.34. The standard InChI is InChI=1S/C14H28N2/c1-13(2,3)16-7-6-12(11-16)10-14(4,5)15-8-9-15/h12H,6-11H2,1-5H3. The molecule has 0 bridgehead atoms. The third kappa shape index (κ3) is 2.78. The van der Waals surface area contributed by atoms with Crippen LogP contribution in [0.15, 0.2) is 0 Å². The molecule has 16 heavy (non-hydrogen) atoms. The molecule has 2 heterocycles. The first-order valence-corrected chi connectivity index (χ1v) is 6.79. The van der Waals surface area contributed by atoms with Crippen molar-refractivity contribution >= 4 is 0 Å². The summed E-state index contributed by atoms with van der Waals surface area (Å²) in [5.41, 5.74) is 0.803. The molecule has 0 saturated carbocycles. The molecule has 0 aromatic heterocycles. The molecule has 2 rings (SSSR count). The van der Waals surface area contributed by atoms with Crippen LogP contribution in [-0.2, 0) is 0 Å². The molecule has 0 N–H and O–H groups in total. The molecule has 94 valence electrons. The lowest BCUT2D eigenvalue weighted by molar-refractivity contribution is 0.156. The zero-order valence-corrected chi connectivity index (χ0v) is 11.7. The summed E-state index contributed by atoms with van der Waals surface area (Å²) < 4.78 is 0. The molecule has 2 aliphatic rings. The van der Waals surface area contributed by atoms with Crippen LogP contribution in [0.3, 0.4) is 0 Å². The second-order valence-electron chi connectivity index (χ2n) is 7.28. The summed E-state index contributed by atoms with van der Waals surface area (Å²) in [6, 6.07) is 0. The predicted octanol–water partition coefficient (Wildman–Crippen LogP) is 2.59. The summed E-state index contributed by atoms with van der Waals surface area (Å²) >= 11 is 0. The van der Waals surface area contributed by atoms with Crippen LogP contribution < -0.4 is 0 Å². The lowest BCUT2D eigenvalue weighted by Crippen LogP contribution is -2.40. The van der Waals surface area contributed by atoms with Gasteiger partial charge in [0.25, 0.3) is 0 Å². The molecule has 2 nitrogen and oxygen atoms in total. The van der Waals surface area contributed by atoms with Crippen molar-refractivity contribution in [2.24, 2.45) is 5.92 Å². The molecule has 2 fully saturated rings. The number of likely N-dealkylation sites (tertiary alicyclic amines) is 1. The molecule has 2 aliphatic heterocycles. The maximum Gasteiger partial charge on any atom is 0.0157 e. The Morgan fingerprint density at radius 1 is 0.938 bits per heavy atom. The molecule has 0 aromatic carbocycles. The number of nitrogens with zero attached hydrogens (tertiary/aromatic N) is 2. The van der Waals surface area contributed by atoms with Crippen molar-refractivity contribution in [1.29, 1.82) is 0 Å². The third-order valence-electron chi connectivity index (χ3n) is 4.33. The Hall–Kier alpha value is -0.0800. The molecule has 1 atom stereocenters. The first-order valence-electron chi connectivity index (χ1n) is 6.79. The second-order valence-corrected chi connectivity index (χ2v) is 7.28. The van der Waals surface area contributed by atoms with Crippen molar-refractivity contribution in [3.63, 3.8) is 0 Å². The van der Waals surface area contributed by atoms with Crippen molar-refractivity contribution < 1.29 is 0 Å². The first kappa shape index (κ1) is 12.4. The van der Waals surface area contributed by atoms with Gasteiger partial charge in [0.05, 0.1) is 0 Å².